The second-order valence-electron chi connectivity index (χ2n) is 7.74. The van der Waals surface area contributed by atoms with Gasteiger partial charge in [0.05, 0.1) is 0 Å². The molecule has 1 aliphatic heterocycles. The molecular weight excluding hydrogens is 274 g/mol. The Morgan fingerprint density at radius 3 is 2.14 bits per heavy atom. The first-order valence-electron chi connectivity index (χ1n) is 9.34. The van der Waals surface area contributed by atoms with E-state index >= 15 is 0 Å². The van der Waals surface area contributed by atoms with Gasteiger partial charge in [-0.1, -0.05) is 32.1 Å². The predicted octanol–water partition coefficient (Wildman–Crippen LogP) is 2.34. The Balaban J connectivity index is 1.77. The summed E-state index contributed by atoms with van der Waals surface area (Å²) in [5, 5.41) is 0. The van der Waals surface area contributed by atoms with Gasteiger partial charge in [-0.15, -0.1) is 0 Å². The first-order valence-corrected chi connectivity index (χ1v) is 9.34. The molecule has 3 aliphatic rings. The predicted molar refractivity (Wildman–Crippen MR) is 89.9 cm³/mol. The molecule has 4 heteroatoms. The van der Waals surface area contributed by atoms with E-state index in [1.807, 2.05) is 0 Å². The van der Waals surface area contributed by atoms with Crippen molar-refractivity contribution < 1.29 is 4.79 Å². The van der Waals surface area contributed by atoms with Crippen LogP contribution in [-0.4, -0.2) is 72.5 Å². The zero-order chi connectivity index (χ0) is 15.6. The summed E-state index contributed by atoms with van der Waals surface area (Å²) in [4.78, 5) is 20.5. The van der Waals surface area contributed by atoms with Crippen molar-refractivity contribution in [2.24, 2.45) is 0 Å². The average molecular weight is 307 g/mol. The molecule has 1 amide bonds. The molecule has 4 nitrogen and oxygen atoms in total. The Bertz CT molecular complexity index is 378. The summed E-state index contributed by atoms with van der Waals surface area (Å²) < 4.78 is 0. The van der Waals surface area contributed by atoms with E-state index < -0.39 is 0 Å². The molecule has 0 aromatic carbocycles. The standard InChI is InChI=1S/C18H33N3O/c1-19-12-14-21(15-13-19)18(10-6-3-7-11-18)17(22)20(2)16-8-4-5-9-16/h16H,3-15H2,1-2H3. The number of hydrogen-bond donors (Lipinski definition) is 0. The highest BCUT2D eigenvalue weighted by Gasteiger charge is 2.47. The molecule has 2 aliphatic carbocycles. The highest BCUT2D eigenvalue weighted by atomic mass is 16.2. The minimum absolute atomic E-state index is 0.184. The van der Waals surface area contributed by atoms with Gasteiger partial charge in [0, 0.05) is 39.3 Å². The Morgan fingerprint density at radius 1 is 0.955 bits per heavy atom. The SMILES string of the molecule is CN1CCN(C2(C(=O)N(C)C3CCCC3)CCCCC2)CC1. The summed E-state index contributed by atoms with van der Waals surface area (Å²) in [5.41, 5.74) is -0.184. The summed E-state index contributed by atoms with van der Waals surface area (Å²) in [7, 11) is 4.27. The largest absolute Gasteiger partial charge is 0.341 e. The molecule has 1 saturated heterocycles. The van der Waals surface area contributed by atoms with Crippen LogP contribution in [0.25, 0.3) is 0 Å². The molecule has 0 aromatic heterocycles. The van der Waals surface area contributed by atoms with Gasteiger partial charge in [-0.3, -0.25) is 9.69 Å². The van der Waals surface area contributed by atoms with Crippen LogP contribution in [0.2, 0.25) is 0 Å². The molecule has 0 radical (unpaired) electrons. The number of carbonyl (C=O) groups is 1. The third-order valence-electron chi connectivity index (χ3n) is 6.38. The third-order valence-corrected chi connectivity index (χ3v) is 6.38. The van der Waals surface area contributed by atoms with E-state index in [9.17, 15) is 4.79 Å². The summed E-state index contributed by atoms with van der Waals surface area (Å²) in [6.07, 6.45) is 10.9. The molecular formula is C18H33N3O. The number of piperazine rings is 1. The summed E-state index contributed by atoms with van der Waals surface area (Å²) in [6, 6.07) is 0.499. The van der Waals surface area contributed by atoms with Gasteiger partial charge in [-0.25, -0.2) is 0 Å². The minimum atomic E-state index is -0.184. The van der Waals surface area contributed by atoms with E-state index in [-0.39, 0.29) is 5.54 Å². The zero-order valence-electron chi connectivity index (χ0n) is 14.5. The van der Waals surface area contributed by atoms with Crippen LogP contribution in [0.4, 0.5) is 0 Å². The first-order chi connectivity index (χ1) is 10.6. The van der Waals surface area contributed by atoms with Crippen molar-refractivity contribution in [3.8, 4) is 0 Å². The third kappa shape index (κ3) is 3.05. The van der Waals surface area contributed by atoms with Crippen molar-refractivity contribution in [1.82, 2.24) is 14.7 Å². The normalized spacial score (nSPS) is 27.9. The number of rotatable bonds is 3. The second kappa shape index (κ2) is 6.88. The molecule has 0 aromatic rings. The molecule has 0 unspecified atom stereocenters. The lowest BCUT2D eigenvalue weighted by molar-refractivity contribution is -0.149. The lowest BCUT2D eigenvalue weighted by Gasteiger charge is -2.50. The number of carbonyl (C=O) groups excluding carboxylic acids is 1. The molecule has 0 atom stereocenters. The number of amides is 1. The second-order valence-corrected chi connectivity index (χ2v) is 7.74. The Morgan fingerprint density at radius 2 is 1.55 bits per heavy atom. The summed E-state index contributed by atoms with van der Waals surface area (Å²) in [6.45, 7) is 4.31. The lowest BCUT2D eigenvalue weighted by atomic mass is 9.78. The van der Waals surface area contributed by atoms with Crippen LogP contribution in [-0.2, 0) is 4.79 Å². The van der Waals surface area contributed by atoms with E-state index in [0.717, 1.165) is 39.0 Å². The van der Waals surface area contributed by atoms with Crippen molar-refractivity contribution in [1.29, 1.82) is 0 Å². The summed E-state index contributed by atoms with van der Waals surface area (Å²) >= 11 is 0. The van der Waals surface area contributed by atoms with Crippen LogP contribution in [0.1, 0.15) is 57.8 Å². The molecule has 2 saturated carbocycles. The van der Waals surface area contributed by atoms with Crippen LogP contribution in [0.5, 0.6) is 0 Å². The molecule has 126 valence electrons. The number of nitrogens with zero attached hydrogens (tertiary/aromatic N) is 3. The highest BCUT2D eigenvalue weighted by molar-refractivity contribution is 5.86. The monoisotopic (exact) mass is 307 g/mol. The van der Waals surface area contributed by atoms with Gasteiger partial charge < -0.3 is 9.80 Å². The molecule has 3 fully saturated rings. The van der Waals surface area contributed by atoms with Crippen LogP contribution in [0.15, 0.2) is 0 Å². The van der Waals surface area contributed by atoms with Crippen LogP contribution < -0.4 is 0 Å². The van der Waals surface area contributed by atoms with Gasteiger partial charge in [0.25, 0.3) is 0 Å². The van der Waals surface area contributed by atoms with Crippen LogP contribution >= 0.6 is 0 Å². The molecule has 3 rings (SSSR count). The van der Waals surface area contributed by atoms with Gasteiger partial charge in [0.1, 0.15) is 5.54 Å². The van der Waals surface area contributed by atoms with Gasteiger partial charge in [-0.2, -0.15) is 0 Å². The van der Waals surface area contributed by atoms with Crippen molar-refractivity contribution in [3.05, 3.63) is 0 Å². The van der Waals surface area contributed by atoms with Crippen molar-refractivity contribution >= 4 is 5.91 Å². The van der Waals surface area contributed by atoms with E-state index in [0.29, 0.717) is 11.9 Å². The lowest BCUT2D eigenvalue weighted by Crippen LogP contribution is -2.64. The number of hydrogen-bond acceptors (Lipinski definition) is 3. The van der Waals surface area contributed by atoms with Gasteiger partial charge in [-0.05, 0) is 32.7 Å². The van der Waals surface area contributed by atoms with E-state index in [2.05, 4.69) is 28.8 Å². The summed E-state index contributed by atoms with van der Waals surface area (Å²) in [5.74, 6) is 0.434. The molecule has 0 bridgehead atoms. The van der Waals surface area contributed by atoms with Gasteiger partial charge >= 0.3 is 0 Å². The topological polar surface area (TPSA) is 26.8 Å². The number of likely N-dealkylation sites (N-methyl/N-ethyl adjacent to an activating group) is 2. The van der Waals surface area contributed by atoms with Crippen molar-refractivity contribution in [2.75, 3.05) is 40.3 Å². The van der Waals surface area contributed by atoms with Crippen molar-refractivity contribution in [2.45, 2.75) is 69.4 Å². The van der Waals surface area contributed by atoms with Crippen LogP contribution in [0, 0.1) is 0 Å². The van der Waals surface area contributed by atoms with E-state index in [1.54, 1.807) is 0 Å². The highest BCUT2D eigenvalue weighted by Crippen LogP contribution is 2.37. The Hall–Kier alpha value is -0.610. The smallest absolute Gasteiger partial charge is 0.243 e. The van der Waals surface area contributed by atoms with Gasteiger partial charge in [0.15, 0.2) is 0 Å². The zero-order valence-corrected chi connectivity index (χ0v) is 14.5. The quantitative estimate of drug-likeness (QED) is 0.801. The van der Waals surface area contributed by atoms with Gasteiger partial charge in [0.2, 0.25) is 5.91 Å². The maximum absolute atomic E-state index is 13.5. The van der Waals surface area contributed by atoms with E-state index in [4.69, 9.17) is 0 Å². The Kier molecular flexibility index (Phi) is 5.08. The first kappa shape index (κ1) is 16.3. The van der Waals surface area contributed by atoms with Crippen LogP contribution in [0.3, 0.4) is 0 Å². The minimum Gasteiger partial charge on any atom is -0.341 e. The maximum atomic E-state index is 13.5. The fourth-order valence-electron chi connectivity index (χ4n) is 4.82. The average Bonchev–Trinajstić information content (AvgIpc) is 3.09. The molecule has 0 spiro atoms. The fourth-order valence-corrected chi connectivity index (χ4v) is 4.82. The maximum Gasteiger partial charge on any atom is 0.243 e. The van der Waals surface area contributed by atoms with E-state index in [1.165, 1.54) is 44.9 Å². The van der Waals surface area contributed by atoms with Crippen molar-refractivity contribution in [3.63, 3.8) is 0 Å². The molecule has 1 heterocycles. The Labute approximate surface area is 135 Å². The fraction of sp³-hybridized carbons (Fsp3) is 0.944. The molecule has 22 heavy (non-hydrogen) atoms. The molecule has 0 N–H and O–H groups in total.